The molecule has 0 bridgehead atoms. The highest BCUT2D eigenvalue weighted by Crippen LogP contribution is 2.22. The Morgan fingerprint density at radius 3 is 2.54 bits per heavy atom. The van der Waals surface area contributed by atoms with Crippen molar-refractivity contribution in [3.8, 4) is 11.1 Å². The molecule has 2 aliphatic rings. The molecule has 4 nitrogen and oxygen atoms in total. The minimum Gasteiger partial charge on any atom is -0.377 e. The van der Waals surface area contributed by atoms with Crippen molar-refractivity contribution in [2.45, 2.75) is 37.8 Å². The quantitative estimate of drug-likeness (QED) is 0.854. The fraction of sp³-hybridized carbons (Fsp3) is 0.435. The summed E-state index contributed by atoms with van der Waals surface area (Å²) in [6, 6.07) is 14.0. The highest BCUT2D eigenvalue weighted by molar-refractivity contribution is 5.95. The maximum absolute atomic E-state index is 13.5. The van der Waals surface area contributed by atoms with Crippen LogP contribution in [0.4, 0.5) is 4.39 Å². The third kappa shape index (κ3) is 4.78. The molecule has 4 rings (SSSR count). The molecule has 0 aliphatic carbocycles. The normalized spacial score (nSPS) is 21.0. The van der Waals surface area contributed by atoms with Crippen LogP contribution >= 0.6 is 0 Å². The summed E-state index contributed by atoms with van der Waals surface area (Å²) in [5.74, 6) is -0.335. The largest absolute Gasteiger partial charge is 0.377 e. The summed E-state index contributed by atoms with van der Waals surface area (Å²) in [6.07, 6.45) is 4.64. The van der Waals surface area contributed by atoms with Crippen LogP contribution in [0.3, 0.4) is 0 Å². The first-order valence-corrected chi connectivity index (χ1v) is 10.2. The molecule has 2 aromatic rings. The first-order valence-electron chi connectivity index (χ1n) is 10.2. The lowest BCUT2D eigenvalue weighted by molar-refractivity contribution is 0.0613. The molecule has 1 atom stereocenters. The predicted molar refractivity (Wildman–Crippen MR) is 108 cm³/mol. The van der Waals surface area contributed by atoms with Gasteiger partial charge in [-0.15, -0.1) is 0 Å². The van der Waals surface area contributed by atoms with E-state index >= 15 is 0 Å². The number of rotatable bonds is 5. The number of likely N-dealkylation sites (tertiary alicyclic amines) is 1. The molecule has 0 spiro atoms. The van der Waals surface area contributed by atoms with Gasteiger partial charge in [0.05, 0.1) is 6.10 Å². The van der Waals surface area contributed by atoms with E-state index in [0.29, 0.717) is 11.7 Å². The molecule has 28 heavy (non-hydrogen) atoms. The molecule has 1 unspecified atom stereocenters. The summed E-state index contributed by atoms with van der Waals surface area (Å²) in [5, 5.41) is 3.17. The number of ether oxygens (including phenoxy) is 1. The molecule has 0 aromatic heterocycles. The number of piperidine rings is 1. The van der Waals surface area contributed by atoms with Gasteiger partial charge in [-0.1, -0.05) is 24.3 Å². The molecule has 148 valence electrons. The predicted octanol–water partition coefficient (Wildman–Crippen LogP) is 3.87. The lowest BCUT2D eigenvalue weighted by Crippen LogP contribution is -2.46. The van der Waals surface area contributed by atoms with Crippen molar-refractivity contribution in [3.63, 3.8) is 0 Å². The molecule has 0 radical (unpaired) electrons. The summed E-state index contributed by atoms with van der Waals surface area (Å²) < 4.78 is 19.2. The van der Waals surface area contributed by atoms with Crippen molar-refractivity contribution in [1.82, 2.24) is 10.2 Å². The highest BCUT2D eigenvalue weighted by Gasteiger charge is 2.25. The van der Waals surface area contributed by atoms with Gasteiger partial charge in [-0.05, 0) is 61.1 Å². The monoisotopic (exact) mass is 382 g/mol. The second-order valence-corrected chi connectivity index (χ2v) is 7.77. The van der Waals surface area contributed by atoms with Gasteiger partial charge in [0.15, 0.2) is 0 Å². The van der Waals surface area contributed by atoms with E-state index in [0.717, 1.165) is 56.6 Å². The molecule has 2 aliphatic heterocycles. The van der Waals surface area contributed by atoms with Crippen LogP contribution in [0.15, 0.2) is 48.5 Å². The van der Waals surface area contributed by atoms with Crippen molar-refractivity contribution < 1.29 is 13.9 Å². The van der Waals surface area contributed by atoms with E-state index in [1.165, 1.54) is 18.6 Å². The molecule has 2 fully saturated rings. The van der Waals surface area contributed by atoms with Gasteiger partial charge < -0.3 is 15.0 Å². The number of hydrogen-bond acceptors (Lipinski definition) is 3. The molecular formula is C23H27FN2O2. The van der Waals surface area contributed by atoms with Crippen LogP contribution in [0.1, 0.15) is 36.0 Å². The second kappa shape index (κ2) is 8.84. The average Bonchev–Trinajstić information content (AvgIpc) is 3.23. The Bertz CT molecular complexity index is 812. The molecule has 1 N–H and O–H groups in total. The number of benzene rings is 2. The van der Waals surface area contributed by atoms with Gasteiger partial charge in [-0.25, -0.2) is 4.39 Å². The lowest BCUT2D eigenvalue weighted by atomic mass is 10.0. The third-order valence-electron chi connectivity index (χ3n) is 5.69. The van der Waals surface area contributed by atoms with Gasteiger partial charge >= 0.3 is 0 Å². The summed E-state index contributed by atoms with van der Waals surface area (Å²) in [7, 11) is 0. The number of amides is 1. The van der Waals surface area contributed by atoms with E-state index < -0.39 is 0 Å². The Kier molecular flexibility index (Phi) is 6.03. The highest BCUT2D eigenvalue weighted by atomic mass is 19.1. The van der Waals surface area contributed by atoms with Crippen molar-refractivity contribution in [3.05, 3.63) is 59.9 Å². The second-order valence-electron chi connectivity index (χ2n) is 7.77. The Hall–Kier alpha value is -2.24. The zero-order chi connectivity index (χ0) is 19.3. The van der Waals surface area contributed by atoms with E-state index in [9.17, 15) is 9.18 Å². The Balaban J connectivity index is 1.32. The maximum Gasteiger partial charge on any atom is 0.251 e. The molecule has 2 heterocycles. The summed E-state index contributed by atoms with van der Waals surface area (Å²) in [5.41, 5.74) is 2.24. The van der Waals surface area contributed by atoms with Gasteiger partial charge in [-0.3, -0.25) is 4.79 Å². The first kappa shape index (κ1) is 19.1. The maximum atomic E-state index is 13.5. The van der Waals surface area contributed by atoms with E-state index in [2.05, 4.69) is 10.2 Å². The van der Waals surface area contributed by atoms with Crippen molar-refractivity contribution in [1.29, 1.82) is 0 Å². The molecule has 5 heteroatoms. The number of hydrogen-bond donors (Lipinski definition) is 1. The van der Waals surface area contributed by atoms with E-state index in [-0.39, 0.29) is 17.8 Å². The van der Waals surface area contributed by atoms with Gasteiger partial charge in [0.25, 0.3) is 5.91 Å². The average molecular weight is 382 g/mol. The summed E-state index contributed by atoms with van der Waals surface area (Å²) in [4.78, 5) is 15.2. The van der Waals surface area contributed by atoms with Crippen LogP contribution in [0.5, 0.6) is 0 Å². The Labute approximate surface area is 165 Å². The van der Waals surface area contributed by atoms with Gasteiger partial charge in [0, 0.05) is 37.8 Å². The fourth-order valence-electron chi connectivity index (χ4n) is 4.11. The van der Waals surface area contributed by atoms with Crippen LogP contribution < -0.4 is 5.32 Å². The van der Waals surface area contributed by atoms with Crippen LogP contribution in [0.2, 0.25) is 0 Å². The zero-order valence-corrected chi connectivity index (χ0v) is 16.1. The van der Waals surface area contributed by atoms with Crippen LogP contribution in [0.25, 0.3) is 11.1 Å². The number of nitrogens with zero attached hydrogens (tertiary/aromatic N) is 1. The number of carbonyl (C=O) groups is 1. The Morgan fingerprint density at radius 1 is 1.07 bits per heavy atom. The molecule has 2 aromatic carbocycles. The smallest absolute Gasteiger partial charge is 0.251 e. The minimum atomic E-state index is -0.276. The standard InChI is InChI=1S/C23H27FN2O2/c24-20-7-2-5-18(15-20)17-4-1-6-19(14-17)23(27)25-21-9-11-26(12-10-21)16-22-8-3-13-28-22/h1-2,4-7,14-15,21-22H,3,8-13,16H2,(H,25,27). The van der Waals surface area contributed by atoms with Crippen molar-refractivity contribution >= 4 is 5.91 Å². The van der Waals surface area contributed by atoms with E-state index in [1.807, 2.05) is 30.3 Å². The van der Waals surface area contributed by atoms with Crippen LogP contribution in [-0.2, 0) is 4.74 Å². The van der Waals surface area contributed by atoms with Gasteiger partial charge in [-0.2, -0.15) is 0 Å². The fourth-order valence-corrected chi connectivity index (χ4v) is 4.11. The lowest BCUT2D eigenvalue weighted by Gasteiger charge is -2.33. The summed E-state index contributed by atoms with van der Waals surface area (Å²) in [6.45, 7) is 3.89. The number of carbonyl (C=O) groups excluding carboxylic acids is 1. The van der Waals surface area contributed by atoms with Crippen molar-refractivity contribution in [2.75, 3.05) is 26.2 Å². The third-order valence-corrected chi connectivity index (χ3v) is 5.69. The van der Waals surface area contributed by atoms with E-state index in [4.69, 9.17) is 4.74 Å². The van der Waals surface area contributed by atoms with Crippen LogP contribution in [0, 0.1) is 5.82 Å². The molecule has 2 saturated heterocycles. The SMILES string of the molecule is O=C(NC1CCN(CC2CCCO2)CC1)c1cccc(-c2cccc(F)c2)c1. The topological polar surface area (TPSA) is 41.6 Å². The number of halogens is 1. The van der Waals surface area contributed by atoms with Crippen molar-refractivity contribution in [2.24, 2.45) is 0 Å². The van der Waals surface area contributed by atoms with E-state index in [1.54, 1.807) is 6.07 Å². The number of nitrogens with one attached hydrogen (secondary N) is 1. The molecular weight excluding hydrogens is 355 g/mol. The zero-order valence-electron chi connectivity index (χ0n) is 16.1. The van der Waals surface area contributed by atoms with Gasteiger partial charge in [0.2, 0.25) is 0 Å². The van der Waals surface area contributed by atoms with Crippen LogP contribution in [-0.4, -0.2) is 49.2 Å². The summed E-state index contributed by atoms with van der Waals surface area (Å²) >= 11 is 0. The minimum absolute atomic E-state index is 0.0594. The molecule has 0 saturated carbocycles. The Morgan fingerprint density at radius 2 is 1.82 bits per heavy atom. The molecule has 1 amide bonds. The van der Waals surface area contributed by atoms with Gasteiger partial charge in [0.1, 0.15) is 5.82 Å². The first-order chi connectivity index (χ1) is 13.7.